The molecule has 2 aromatic carbocycles. The number of hydrogen-bond acceptors (Lipinski definition) is 4. The Morgan fingerprint density at radius 3 is 2.40 bits per heavy atom. The first-order valence-corrected chi connectivity index (χ1v) is 10.5. The molecule has 0 saturated carbocycles. The number of hydrogen-bond donors (Lipinski definition) is 1. The SMILES string of the molecule is O=C(NCc1ccc(C(F)(F)F)cc1)N1CCN(Cc2nc3ccccc3s2)CC1. The van der Waals surface area contributed by atoms with Crippen molar-refractivity contribution < 1.29 is 18.0 Å². The van der Waals surface area contributed by atoms with E-state index in [2.05, 4.69) is 21.3 Å². The van der Waals surface area contributed by atoms with E-state index in [1.165, 1.54) is 16.8 Å². The van der Waals surface area contributed by atoms with Crippen molar-refractivity contribution in [2.75, 3.05) is 26.2 Å². The van der Waals surface area contributed by atoms with E-state index in [0.29, 0.717) is 18.7 Å². The molecular weight excluding hydrogens is 413 g/mol. The van der Waals surface area contributed by atoms with E-state index in [9.17, 15) is 18.0 Å². The number of carbonyl (C=O) groups excluding carboxylic acids is 1. The zero-order valence-electron chi connectivity index (χ0n) is 16.2. The van der Waals surface area contributed by atoms with Crippen LogP contribution in [-0.4, -0.2) is 47.0 Å². The van der Waals surface area contributed by atoms with Crippen molar-refractivity contribution in [3.63, 3.8) is 0 Å². The summed E-state index contributed by atoms with van der Waals surface area (Å²) >= 11 is 1.69. The summed E-state index contributed by atoms with van der Waals surface area (Å²) in [4.78, 5) is 21.1. The minimum Gasteiger partial charge on any atom is -0.334 e. The summed E-state index contributed by atoms with van der Waals surface area (Å²) in [6.07, 6.45) is -4.35. The third kappa shape index (κ3) is 4.91. The summed E-state index contributed by atoms with van der Waals surface area (Å²) in [6.45, 7) is 3.67. The van der Waals surface area contributed by atoms with Gasteiger partial charge in [-0.05, 0) is 29.8 Å². The topological polar surface area (TPSA) is 48.5 Å². The van der Waals surface area contributed by atoms with Crippen LogP contribution in [-0.2, 0) is 19.3 Å². The summed E-state index contributed by atoms with van der Waals surface area (Å²) in [5, 5.41) is 3.85. The van der Waals surface area contributed by atoms with Crippen molar-refractivity contribution in [2.45, 2.75) is 19.3 Å². The fourth-order valence-corrected chi connectivity index (χ4v) is 4.40. The predicted octanol–water partition coefficient (Wildman–Crippen LogP) is 4.34. The number of fused-ring (bicyclic) bond motifs is 1. The number of nitrogens with zero attached hydrogens (tertiary/aromatic N) is 3. The summed E-state index contributed by atoms with van der Waals surface area (Å²) in [5.41, 5.74) is 0.950. The number of urea groups is 1. The number of halogens is 3. The Balaban J connectivity index is 1.24. The molecule has 1 aromatic heterocycles. The second-order valence-corrected chi connectivity index (χ2v) is 8.31. The number of nitrogens with one attached hydrogen (secondary N) is 1. The minimum absolute atomic E-state index is 0.197. The standard InChI is InChI=1S/C21H21F3N4OS/c22-21(23,24)16-7-5-15(6-8-16)13-25-20(29)28-11-9-27(10-12-28)14-19-26-17-3-1-2-4-18(17)30-19/h1-8H,9-14H2,(H,25,29). The molecule has 0 aliphatic carbocycles. The number of thiazole rings is 1. The fraction of sp³-hybridized carbons (Fsp3) is 0.333. The van der Waals surface area contributed by atoms with E-state index in [1.54, 1.807) is 16.2 Å². The van der Waals surface area contributed by atoms with Gasteiger partial charge in [0.25, 0.3) is 0 Å². The summed E-state index contributed by atoms with van der Waals surface area (Å²) in [5.74, 6) is 0. The molecule has 0 atom stereocenters. The number of para-hydroxylation sites is 1. The van der Waals surface area contributed by atoms with Crippen molar-refractivity contribution in [1.82, 2.24) is 20.1 Å². The van der Waals surface area contributed by atoms with Gasteiger partial charge in [-0.25, -0.2) is 9.78 Å². The van der Waals surface area contributed by atoms with Gasteiger partial charge in [-0.15, -0.1) is 11.3 Å². The lowest BCUT2D eigenvalue weighted by atomic mass is 10.1. The van der Waals surface area contributed by atoms with Crippen LogP contribution in [0.1, 0.15) is 16.1 Å². The number of alkyl halides is 3. The van der Waals surface area contributed by atoms with Crippen LogP contribution in [0.5, 0.6) is 0 Å². The van der Waals surface area contributed by atoms with Gasteiger partial charge in [-0.1, -0.05) is 24.3 Å². The summed E-state index contributed by atoms with van der Waals surface area (Å²) in [7, 11) is 0. The lowest BCUT2D eigenvalue weighted by molar-refractivity contribution is -0.137. The molecule has 1 N–H and O–H groups in total. The Morgan fingerprint density at radius 1 is 1.03 bits per heavy atom. The van der Waals surface area contributed by atoms with Crippen LogP contribution in [0.4, 0.5) is 18.0 Å². The van der Waals surface area contributed by atoms with Crippen molar-refractivity contribution in [2.24, 2.45) is 0 Å². The van der Waals surface area contributed by atoms with Crippen molar-refractivity contribution >= 4 is 27.6 Å². The average Bonchev–Trinajstić information content (AvgIpc) is 3.14. The molecule has 0 unspecified atom stereocenters. The molecule has 0 spiro atoms. The quantitative estimate of drug-likeness (QED) is 0.665. The molecule has 30 heavy (non-hydrogen) atoms. The Labute approximate surface area is 176 Å². The molecule has 3 aromatic rings. The molecule has 2 heterocycles. The highest BCUT2D eigenvalue weighted by Gasteiger charge is 2.30. The largest absolute Gasteiger partial charge is 0.416 e. The van der Waals surface area contributed by atoms with Crippen LogP contribution in [0.15, 0.2) is 48.5 Å². The lowest BCUT2D eigenvalue weighted by Gasteiger charge is -2.34. The molecule has 1 fully saturated rings. The lowest BCUT2D eigenvalue weighted by Crippen LogP contribution is -2.51. The third-order valence-corrected chi connectivity index (χ3v) is 6.10. The molecule has 1 aliphatic rings. The van der Waals surface area contributed by atoms with Crippen LogP contribution in [0.3, 0.4) is 0 Å². The molecule has 9 heteroatoms. The zero-order chi connectivity index (χ0) is 21.1. The number of carbonyl (C=O) groups is 1. The van der Waals surface area contributed by atoms with Gasteiger partial charge in [0, 0.05) is 32.7 Å². The maximum Gasteiger partial charge on any atom is 0.416 e. The number of rotatable bonds is 4. The van der Waals surface area contributed by atoms with E-state index in [0.717, 1.165) is 42.3 Å². The van der Waals surface area contributed by atoms with Gasteiger partial charge in [0.15, 0.2) is 0 Å². The minimum atomic E-state index is -4.35. The average molecular weight is 434 g/mol. The Hall–Kier alpha value is -2.65. The highest BCUT2D eigenvalue weighted by Crippen LogP contribution is 2.29. The van der Waals surface area contributed by atoms with Gasteiger partial charge < -0.3 is 10.2 Å². The van der Waals surface area contributed by atoms with E-state index in [1.807, 2.05) is 18.2 Å². The van der Waals surface area contributed by atoms with Crippen molar-refractivity contribution in [1.29, 1.82) is 0 Å². The van der Waals surface area contributed by atoms with Crippen LogP contribution in [0.2, 0.25) is 0 Å². The second kappa shape index (κ2) is 8.61. The molecule has 0 bridgehead atoms. The van der Waals surface area contributed by atoms with Crippen LogP contribution in [0.25, 0.3) is 10.2 Å². The van der Waals surface area contributed by atoms with Gasteiger partial charge >= 0.3 is 12.2 Å². The molecule has 0 radical (unpaired) electrons. The number of amides is 2. The van der Waals surface area contributed by atoms with Gasteiger partial charge in [0.1, 0.15) is 5.01 Å². The zero-order valence-corrected chi connectivity index (χ0v) is 17.0. The molecule has 4 rings (SSSR count). The van der Waals surface area contributed by atoms with Crippen LogP contribution >= 0.6 is 11.3 Å². The van der Waals surface area contributed by atoms with Crippen molar-refractivity contribution in [3.05, 3.63) is 64.7 Å². The molecule has 5 nitrogen and oxygen atoms in total. The Bertz CT molecular complexity index is 978. The first kappa shape index (κ1) is 20.6. The second-order valence-electron chi connectivity index (χ2n) is 7.19. The number of benzene rings is 2. The van der Waals surface area contributed by atoms with Crippen molar-refractivity contribution in [3.8, 4) is 0 Å². The van der Waals surface area contributed by atoms with Crippen LogP contribution < -0.4 is 5.32 Å². The molecular formula is C21H21F3N4OS. The highest BCUT2D eigenvalue weighted by atomic mass is 32.1. The molecule has 158 valence electrons. The monoisotopic (exact) mass is 434 g/mol. The Morgan fingerprint density at radius 2 is 1.73 bits per heavy atom. The van der Waals surface area contributed by atoms with E-state index in [4.69, 9.17) is 0 Å². The highest BCUT2D eigenvalue weighted by molar-refractivity contribution is 7.18. The number of aromatic nitrogens is 1. The fourth-order valence-electron chi connectivity index (χ4n) is 3.39. The summed E-state index contributed by atoms with van der Waals surface area (Å²) in [6, 6.07) is 12.7. The van der Waals surface area contributed by atoms with E-state index in [-0.39, 0.29) is 12.6 Å². The van der Waals surface area contributed by atoms with Gasteiger partial charge in [0.05, 0.1) is 22.3 Å². The van der Waals surface area contributed by atoms with E-state index < -0.39 is 11.7 Å². The molecule has 1 aliphatic heterocycles. The first-order valence-electron chi connectivity index (χ1n) is 9.64. The van der Waals surface area contributed by atoms with Gasteiger partial charge in [0.2, 0.25) is 0 Å². The third-order valence-electron chi connectivity index (χ3n) is 5.08. The van der Waals surface area contributed by atoms with E-state index >= 15 is 0 Å². The number of piperazine rings is 1. The Kier molecular flexibility index (Phi) is 5.92. The predicted molar refractivity (Wildman–Crippen MR) is 110 cm³/mol. The smallest absolute Gasteiger partial charge is 0.334 e. The maximum absolute atomic E-state index is 12.6. The van der Waals surface area contributed by atoms with Crippen LogP contribution in [0, 0.1) is 0 Å². The summed E-state index contributed by atoms with van der Waals surface area (Å²) < 4.78 is 39.0. The first-order chi connectivity index (χ1) is 14.4. The molecule has 1 saturated heterocycles. The normalized spacial score (nSPS) is 15.5. The maximum atomic E-state index is 12.6. The van der Waals surface area contributed by atoms with Gasteiger partial charge in [-0.3, -0.25) is 4.90 Å². The molecule has 2 amide bonds. The van der Waals surface area contributed by atoms with Gasteiger partial charge in [-0.2, -0.15) is 13.2 Å².